The number of aromatic nitrogens is 4. The molecule has 0 saturated carbocycles. The molecule has 0 radical (unpaired) electrons. The maximum atomic E-state index is 13.1. The van der Waals surface area contributed by atoms with Crippen LogP contribution in [-0.2, 0) is 16.2 Å². The van der Waals surface area contributed by atoms with E-state index in [1.165, 1.54) is 18.5 Å². The maximum absolute atomic E-state index is 13.1. The Morgan fingerprint density at radius 2 is 1.96 bits per heavy atom. The zero-order chi connectivity index (χ0) is 17.5. The van der Waals surface area contributed by atoms with Crippen molar-refractivity contribution in [3.8, 4) is 0 Å². The zero-order valence-corrected chi connectivity index (χ0v) is 13.1. The molecule has 1 aromatic carbocycles. The highest BCUT2D eigenvalue weighted by molar-refractivity contribution is 7.92. The Hall–Kier alpha value is -2.40. The van der Waals surface area contributed by atoms with Crippen LogP contribution < -0.4 is 4.72 Å². The molecule has 0 saturated heterocycles. The van der Waals surface area contributed by atoms with Gasteiger partial charge in [0.25, 0.3) is 21.7 Å². The molecule has 12 heteroatoms. The van der Waals surface area contributed by atoms with E-state index in [-0.39, 0.29) is 5.78 Å². The van der Waals surface area contributed by atoms with Crippen LogP contribution in [0.25, 0.3) is 5.78 Å². The number of hydrogen-bond donors (Lipinski definition) is 1. The predicted molar refractivity (Wildman–Crippen MR) is 78.0 cm³/mol. The molecule has 126 valence electrons. The van der Waals surface area contributed by atoms with Gasteiger partial charge in [0.05, 0.1) is 10.6 Å². The molecular formula is C12H7ClF3N5O2S. The van der Waals surface area contributed by atoms with Crippen LogP contribution in [0.15, 0.2) is 41.6 Å². The second-order valence-corrected chi connectivity index (χ2v) is 6.55. The minimum atomic E-state index is -4.90. The monoisotopic (exact) mass is 377 g/mol. The van der Waals surface area contributed by atoms with E-state index < -0.39 is 37.6 Å². The molecule has 24 heavy (non-hydrogen) atoms. The number of nitrogens with zero attached hydrogens (tertiary/aromatic N) is 4. The number of sulfonamides is 1. The van der Waals surface area contributed by atoms with E-state index >= 15 is 0 Å². The Bertz CT molecular complexity index is 986. The summed E-state index contributed by atoms with van der Waals surface area (Å²) in [5.74, 6) is -0.354. The van der Waals surface area contributed by atoms with Crippen LogP contribution in [-0.4, -0.2) is 28.0 Å². The van der Waals surface area contributed by atoms with Gasteiger partial charge in [-0.3, -0.25) is 0 Å². The standard InChI is InChI=1S/C12H7ClF3N5O2S/c13-8-4-1-3-7(12(14,15)16)9(8)24(22,23)20-10-18-11-17-5-2-6-21(11)19-10/h1-6H,(H,19,20). The molecule has 1 N–H and O–H groups in total. The number of hydrogen-bond acceptors (Lipinski definition) is 5. The van der Waals surface area contributed by atoms with Crippen molar-refractivity contribution in [2.75, 3.05) is 4.72 Å². The van der Waals surface area contributed by atoms with Gasteiger partial charge in [-0.2, -0.15) is 18.2 Å². The molecule has 3 aromatic rings. The van der Waals surface area contributed by atoms with E-state index in [2.05, 4.69) is 15.1 Å². The van der Waals surface area contributed by atoms with Crippen LogP contribution in [0, 0.1) is 0 Å². The van der Waals surface area contributed by atoms with Gasteiger partial charge in [-0.15, -0.1) is 5.10 Å². The van der Waals surface area contributed by atoms with E-state index in [0.717, 1.165) is 16.6 Å². The minimum Gasteiger partial charge on any atom is -0.246 e. The van der Waals surface area contributed by atoms with E-state index in [0.29, 0.717) is 6.07 Å². The Kier molecular flexibility index (Phi) is 3.84. The summed E-state index contributed by atoms with van der Waals surface area (Å²) in [5.41, 5.74) is -1.38. The number of benzene rings is 1. The first-order chi connectivity index (χ1) is 11.2. The molecule has 2 heterocycles. The fraction of sp³-hybridized carbons (Fsp3) is 0.0833. The quantitative estimate of drug-likeness (QED) is 0.757. The summed E-state index contributed by atoms with van der Waals surface area (Å²) in [4.78, 5) is 6.51. The van der Waals surface area contributed by atoms with E-state index in [1.54, 1.807) is 0 Å². The topological polar surface area (TPSA) is 89.2 Å². The molecule has 0 spiro atoms. The largest absolute Gasteiger partial charge is 0.417 e. The van der Waals surface area contributed by atoms with Crippen molar-refractivity contribution in [2.45, 2.75) is 11.1 Å². The van der Waals surface area contributed by atoms with Gasteiger partial charge in [-0.1, -0.05) is 17.7 Å². The Labute approximate surface area is 138 Å². The second-order valence-electron chi connectivity index (χ2n) is 4.52. The molecule has 2 aromatic heterocycles. The lowest BCUT2D eigenvalue weighted by atomic mass is 10.2. The molecule has 0 aliphatic heterocycles. The summed E-state index contributed by atoms with van der Waals surface area (Å²) < 4.78 is 67.0. The van der Waals surface area contributed by atoms with Crippen LogP contribution in [0.5, 0.6) is 0 Å². The van der Waals surface area contributed by atoms with Gasteiger partial charge in [-0.25, -0.2) is 22.6 Å². The second kappa shape index (κ2) is 5.60. The van der Waals surface area contributed by atoms with Crippen molar-refractivity contribution in [1.82, 2.24) is 19.6 Å². The molecule has 0 amide bonds. The summed E-state index contributed by atoms with van der Waals surface area (Å²) in [6.07, 6.45) is -2.05. The van der Waals surface area contributed by atoms with E-state index in [1.807, 2.05) is 4.72 Å². The van der Waals surface area contributed by atoms with Crippen molar-refractivity contribution in [3.63, 3.8) is 0 Å². The first-order valence-electron chi connectivity index (χ1n) is 6.24. The Balaban J connectivity index is 2.08. The fourth-order valence-electron chi connectivity index (χ4n) is 1.95. The average Bonchev–Trinajstić information content (AvgIpc) is 2.87. The number of anilines is 1. The maximum Gasteiger partial charge on any atom is 0.417 e. The number of alkyl halides is 3. The van der Waals surface area contributed by atoms with Crippen molar-refractivity contribution in [2.24, 2.45) is 0 Å². The molecule has 0 fully saturated rings. The molecule has 0 atom stereocenters. The van der Waals surface area contributed by atoms with Crippen molar-refractivity contribution >= 4 is 33.4 Å². The average molecular weight is 378 g/mol. The van der Waals surface area contributed by atoms with Gasteiger partial charge < -0.3 is 0 Å². The summed E-state index contributed by atoms with van der Waals surface area (Å²) in [5, 5.41) is 3.20. The molecule has 0 aliphatic rings. The van der Waals surface area contributed by atoms with Crippen molar-refractivity contribution in [1.29, 1.82) is 0 Å². The lowest BCUT2D eigenvalue weighted by molar-refractivity contribution is -0.139. The fourth-order valence-corrected chi connectivity index (χ4v) is 3.66. The van der Waals surface area contributed by atoms with Gasteiger partial charge in [0.2, 0.25) is 0 Å². The van der Waals surface area contributed by atoms with Gasteiger partial charge in [0, 0.05) is 12.4 Å². The summed E-state index contributed by atoms with van der Waals surface area (Å²) in [6, 6.07) is 4.20. The lowest BCUT2D eigenvalue weighted by Gasteiger charge is -2.14. The molecule has 0 bridgehead atoms. The third-order valence-electron chi connectivity index (χ3n) is 2.88. The van der Waals surface area contributed by atoms with Gasteiger partial charge in [0.15, 0.2) is 0 Å². The van der Waals surface area contributed by atoms with E-state index in [4.69, 9.17) is 11.6 Å². The summed E-state index contributed by atoms with van der Waals surface area (Å²) in [6.45, 7) is 0. The minimum absolute atomic E-state index is 0.0744. The molecular weight excluding hydrogens is 371 g/mol. The van der Waals surface area contributed by atoms with Crippen LogP contribution in [0.1, 0.15) is 5.56 Å². The number of fused-ring (bicyclic) bond motifs is 1. The predicted octanol–water partition coefficient (Wildman–Crippen LogP) is 2.60. The van der Waals surface area contributed by atoms with Crippen molar-refractivity contribution < 1.29 is 21.6 Å². The van der Waals surface area contributed by atoms with Crippen LogP contribution in [0.2, 0.25) is 5.02 Å². The highest BCUT2D eigenvalue weighted by atomic mass is 35.5. The molecule has 3 rings (SSSR count). The van der Waals surface area contributed by atoms with Crippen LogP contribution in [0.4, 0.5) is 19.1 Å². The summed E-state index contributed by atoms with van der Waals surface area (Å²) in [7, 11) is -4.67. The molecule has 0 aliphatic carbocycles. The highest BCUT2D eigenvalue weighted by Crippen LogP contribution is 2.37. The normalized spacial score (nSPS) is 12.5. The number of rotatable bonds is 3. The Morgan fingerprint density at radius 1 is 1.21 bits per heavy atom. The molecule has 0 unspecified atom stereocenters. The van der Waals surface area contributed by atoms with Crippen LogP contribution >= 0.6 is 11.6 Å². The lowest BCUT2D eigenvalue weighted by Crippen LogP contribution is -2.20. The van der Waals surface area contributed by atoms with Crippen LogP contribution in [0.3, 0.4) is 0 Å². The molecule has 7 nitrogen and oxygen atoms in total. The smallest absolute Gasteiger partial charge is 0.246 e. The zero-order valence-electron chi connectivity index (χ0n) is 11.5. The van der Waals surface area contributed by atoms with E-state index in [9.17, 15) is 21.6 Å². The van der Waals surface area contributed by atoms with Gasteiger partial charge >= 0.3 is 6.18 Å². The Morgan fingerprint density at radius 3 is 2.62 bits per heavy atom. The SMILES string of the molecule is O=S(=O)(Nc1nc2ncccn2n1)c1c(Cl)cccc1C(F)(F)F. The first-order valence-corrected chi connectivity index (χ1v) is 8.10. The number of halogens is 4. The van der Waals surface area contributed by atoms with Gasteiger partial charge in [-0.05, 0) is 18.2 Å². The first kappa shape index (κ1) is 16.5. The third-order valence-corrected chi connectivity index (χ3v) is 4.74. The third kappa shape index (κ3) is 2.99. The number of nitrogens with one attached hydrogen (secondary N) is 1. The highest BCUT2D eigenvalue weighted by Gasteiger charge is 2.38. The van der Waals surface area contributed by atoms with Gasteiger partial charge in [0.1, 0.15) is 4.90 Å². The summed E-state index contributed by atoms with van der Waals surface area (Å²) >= 11 is 5.69. The van der Waals surface area contributed by atoms with Crippen molar-refractivity contribution in [3.05, 3.63) is 47.2 Å².